The highest BCUT2D eigenvalue weighted by atomic mass is 19.1. The van der Waals surface area contributed by atoms with Crippen LogP contribution in [-0.4, -0.2) is 68.7 Å². The Morgan fingerprint density at radius 1 is 0.886 bits per heavy atom. The third-order valence-corrected chi connectivity index (χ3v) is 7.44. The summed E-state index contributed by atoms with van der Waals surface area (Å²) >= 11 is 0. The van der Waals surface area contributed by atoms with Gasteiger partial charge in [-0.15, -0.1) is 0 Å². The van der Waals surface area contributed by atoms with Crippen LogP contribution in [0.2, 0.25) is 0 Å². The zero-order chi connectivity index (χ0) is 24.5. The fourth-order valence-corrected chi connectivity index (χ4v) is 5.52. The van der Waals surface area contributed by atoms with Gasteiger partial charge in [-0.3, -0.25) is 9.47 Å². The second-order valence-electron chi connectivity index (χ2n) is 9.72. The first-order valence-corrected chi connectivity index (χ1v) is 12.5. The maximum absolute atomic E-state index is 14.0. The second kappa shape index (κ2) is 10.1. The number of aromatic hydroxyl groups is 2. The van der Waals surface area contributed by atoms with E-state index in [1.807, 2.05) is 0 Å². The molecule has 2 fully saturated rings. The number of anilines is 1. The number of aromatic nitrogens is 1. The normalized spacial score (nSPS) is 23.1. The number of rotatable bonds is 7. The van der Waals surface area contributed by atoms with E-state index in [4.69, 9.17) is 4.74 Å². The first kappa shape index (κ1) is 24.0. The molecule has 2 aliphatic carbocycles. The summed E-state index contributed by atoms with van der Waals surface area (Å²) in [5.74, 6) is 0.0760. The molecule has 9 heteroatoms. The van der Waals surface area contributed by atoms with Crippen molar-refractivity contribution >= 4 is 5.69 Å². The van der Waals surface area contributed by atoms with E-state index in [2.05, 4.69) is 9.80 Å². The molecule has 2 heterocycles. The lowest BCUT2D eigenvalue weighted by Crippen LogP contribution is -2.47. The van der Waals surface area contributed by atoms with Crippen LogP contribution < -0.4 is 9.64 Å². The highest BCUT2D eigenvalue weighted by molar-refractivity contribution is 5.59. The molecule has 1 aromatic carbocycles. The number of piperazine rings is 1. The van der Waals surface area contributed by atoms with Gasteiger partial charge in [0.25, 0.3) is 0 Å². The monoisotopic (exact) mass is 487 g/mol. The molecule has 0 radical (unpaired) electrons. The molecule has 0 amide bonds. The molecule has 1 aliphatic heterocycles. The summed E-state index contributed by atoms with van der Waals surface area (Å²) in [6.07, 6.45) is 6.03. The Hall–Kier alpha value is -2.75. The van der Waals surface area contributed by atoms with Crippen LogP contribution in [0.15, 0.2) is 30.4 Å². The molecule has 2 unspecified atom stereocenters. The summed E-state index contributed by atoms with van der Waals surface area (Å²) in [5, 5.41) is 41.3. The van der Waals surface area contributed by atoms with Gasteiger partial charge < -0.3 is 30.1 Å². The smallest absolute Gasteiger partial charge is 0.200 e. The SMILES string of the molecule is Oc1c2c(c(O)n1CCCN1CCN(c3cc(F)ccc3OC3CCCC3)CC1)C(O)C=CC2O. The zero-order valence-electron chi connectivity index (χ0n) is 19.8. The van der Waals surface area contributed by atoms with Crippen molar-refractivity contribution in [2.24, 2.45) is 0 Å². The number of ether oxygens (including phenoxy) is 1. The van der Waals surface area contributed by atoms with Gasteiger partial charge in [-0.1, -0.05) is 12.2 Å². The number of aliphatic hydroxyl groups is 2. The van der Waals surface area contributed by atoms with Crippen molar-refractivity contribution < 1.29 is 29.6 Å². The standard InChI is InChI=1S/C26H34FN3O5/c27-17-6-9-22(35-18-4-1-2-5-18)19(16-17)29-14-12-28(13-15-29)10-3-11-30-25(33)23-20(31)7-8-21(32)24(23)26(30)34/h6-9,16,18,20-21,31-34H,1-5,10-15H2. The van der Waals surface area contributed by atoms with E-state index in [9.17, 15) is 24.8 Å². The number of hydrogen-bond donors (Lipinski definition) is 4. The Morgan fingerprint density at radius 3 is 2.14 bits per heavy atom. The quantitative estimate of drug-likeness (QED) is 0.445. The van der Waals surface area contributed by atoms with Crippen molar-refractivity contribution in [3.8, 4) is 17.5 Å². The van der Waals surface area contributed by atoms with Crippen LogP contribution in [0.25, 0.3) is 0 Å². The zero-order valence-corrected chi connectivity index (χ0v) is 19.8. The van der Waals surface area contributed by atoms with Gasteiger partial charge in [0.05, 0.1) is 22.9 Å². The highest BCUT2D eigenvalue weighted by Gasteiger charge is 2.32. The molecular weight excluding hydrogens is 453 g/mol. The molecule has 4 N–H and O–H groups in total. The largest absolute Gasteiger partial charge is 0.494 e. The molecule has 2 atom stereocenters. The first-order valence-electron chi connectivity index (χ1n) is 12.5. The summed E-state index contributed by atoms with van der Waals surface area (Å²) < 4.78 is 21.6. The van der Waals surface area contributed by atoms with Crippen molar-refractivity contribution in [3.63, 3.8) is 0 Å². The van der Waals surface area contributed by atoms with Crippen LogP contribution in [-0.2, 0) is 6.54 Å². The minimum atomic E-state index is -1.06. The van der Waals surface area contributed by atoms with Gasteiger partial charge in [0.15, 0.2) is 0 Å². The summed E-state index contributed by atoms with van der Waals surface area (Å²) in [6, 6.07) is 4.77. The molecule has 8 nitrogen and oxygen atoms in total. The number of aliphatic hydroxyl groups excluding tert-OH is 2. The second-order valence-corrected chi connectivity index (χ2v) is 9.72. The third kappa shape index (κ3) is 4.85. The predicted molar refractivity (Wildman–Crippen MR) is 129 cm³/mol. The predicted octanol–water partition coefficient (Wildman–Crippen LogP) is 3.21. The van der Waals surface area contributed by atoms with E-state index in [0.29, 0.717) is 13.0 Å². The van der Waals surface area contributed by atoms with Crippen molar-refractivity contribution in [2.75, 3.05) is 37.6 Å². The van der Waals surface area contributed by atoms with E-state index >= 15 is 0 Å². The molecule has 3 aliphatic rings. The van der Waals surface area contributed by atoms with E-state index in [0.717, 1.165) is 57.0 Å². The van der Waals surface area contributed by atoms with Gasteiger partial charge in [0, 0.05) is 38.8 Å². The van der Waals surface area contributed by atoms with Crippen molar-refractivity contribution in [1.82, 2.24) is 9.47 Å². The van der Waals surface area contributed by atoms with Gasteiger partial charge in [-0.2, -0.15) is 0 Å². The number of benzene rings is 1. The van der Waals surface area contributed by atoms with Gasteiger partial charge >= 0.3 is 0 Å². The average Bonchev–Trinajstić information content (AvgIpc) is 3.45. The van der Waals surface area contributed by atoms with Crippen LogP contribution >= 0.6 is 0 Å². The molecule has 5 rings (SSSR count). The van der Waals surface area contributed by atoms with E-state index in [-0.39, 0.29) is 34.8 Å². The Kier molecular flexibility index (Phi) is 6.91. The molecule has 190 valence electrons. The maximum Gasteiger partial charge on any atom is 0.200 e. The molecule has 0 bridgehead atoms. The summed E-state index contributed by atoms with van der Waals surface area (Å²) in [5.41, 5.74) is 1.14. The number of nitrogens with zero attached hydrogens (tertiary/aromatic N) is 3. The Bertz CT molecular complexity index is 1040. The minimum absolute atomic E-state index is 0.164. The lowest BCUT2D eigenvalue weighted by Gasteiger charge is -2.37. The van der Waals surface area contributed by atoms with Crippen molar-refractivity contribution in [2.45, 2.75) is 57.0 Å². The van der Waals surface area contributed by atoms with Gasteiger partial charge in [0.2, 0.25) is 11.8 Å². The number of halogens is 1. The lowest BCUT2D eigenvalue weighted by atomic mass is 9.96. The topological polar surface area (TPSA) is 102 Å². The Balaban J connectivity index is 1.16. The lowest BCUT2D eigenvalue weighted by molar-refractivity contribution is 0.184. The number of fused-ring (bicyclic) bond motifs is 1. The summed E-state index contributed by atoms with van der Waals surface area (Å²) in [4.78, 5) is 4.48. The molecule has 1 saturated carbocycles. The van der Waals surface area contributed by atoms with E-state index < -0.39 is 12.2 Å². The molecule has 0 spiro atoms. The molecular formula is C26H34FN3O5. The summed E-state index contributed by atoms with van der Waals surface area (Å²) in [6.45, 7) is 4.23. The fraction of sp³-hybridized carbons (Fsp3) is 0.538. The average molecular weight is 488 g/mol. The van der Waals surface area contributed by atoms with Crippen LogP contribution in [0.1, 0.15) is 55.4 Å². The summed E-state index contributed by atoms with van der Waals surface area (Å²) in [7, 11) is 0. The maximum atomic E-state index is 14.0. The Morgan fingerprint density at radius 2 is 1.51 bits per heavy atom. The van der Waals surface area contributed by atoms with E-state index in [1.54, 1.807) is 12.1 Å². The molecule has 35 heavy (non-hydrogen) atoms. The number of hydrogen-bond acceptors (Lipinski definition) is 7. The third-order valence-electron chi connectivity index (χ3n) is 7.44. The first-order chi connectivity index (χ1) is 16.9. The molecule has 1 aromatic heterocycles. The van der Waals surface area contributed by atoms with Gasteiger partial charge in [0.1, 0.15) is 23.8 Å². The fourth-order valence-electron chi connectivity index (χ4n) is 5.52. The minimum Gasteiger partial charge on any atom is -0.494 e. The van der Waals surface area contributed by atoms with Gasteiger partial charge in [-0.25, -0.2) is 4.39 Å². The highest BCUT2D eigenvalue weighted by Crippen LogP contribution is 2.45. The Labute approximate surface area is 204 Å². The molecule has 2 aromatic rings. The van der Waals surface area contributed by atoms with Gasteiger partial charge in [-0.05, 0) is 50.8 Å². The van der Waals surface area contributed by atoms with Crippen LogP contribution in [0.5, 0.6) is 17.5 Å². The van der Waals surface area contributed by atoms with Crippen molar-refractivity contribution in [3.05, 3.63) is 47.3 Å². The van der Waals surface area contributed by atoms with Crippen LogP contribution in [0.3, 0.4) is 0 Å². The van der Waals surface area contributed by atoms with Crippen LogP contribution in [0, 0.1) is 5.82 Å². The van der Waals surface area contributed by atoms with Crippen molar-refractivity contribution in [1.29, 1.82) is 0 Å². The van der Waals surface area contributed by atoms with Crippen LogP contribution in [0.4, 0.5) is 10.1 Å². The van der Waals surface area contributed by atoms with E-state index in [1.165, 1.54) is 35.6 Å². The molecule has 1 saturated heterocycles.